The van der Waals surface area contributed by atoms with Gasteiger partial charge in [0.25, 0.3) is 0 Å². The Bertz CT molecular complexity index is 424. The van der Waals surface area contributed by atoms with E-state index in [0.29, 0.717) is 12.5 Å². The zero-order valence-corrected chi connectivity index (χ0v) is 9.62. The van der Waals surface area contributed by atoms with Crippen LogP contribution >= 0.6 is 0 Å². The van der Waals surface area contributed by atoms with Crippen molar-refractivity contribution in [2.75, 3.05) is 13.6 Å². The number of Topliss-reactive ketones (excluding diaryl/α,β-unsaturated/α-hetero) is 1. The topological polar surface area (TPSA) is 49.0 Å². The molecule has 3 rings (SSSR count). The van der Waals surface area contributed by atoms with Gasteiger partial charge in [-0.3, -0.25) is 14.8 Å². The molecular weight excluding hydrogens is 202 g/mol. The third-order valence-electron chi connectivity index (χ3n) is 3.81. The highest BCUT2D eigenvalue weighted by molar-refractivity contribution is 5.99. The highest BCUT2D eigenvalue weighted by atomic mass is 16.1. The van der Waals surface area contributed by atoms with Crippen molar-refractivity contribution >= 4 is 5.78 Å². The summed E-state index contributed by atoms with van der Waals surface area (Å²) in [4.78, 5) is 14.3. The minimum Gasteiger partial charge on any atom is -0.298 e. The summed E-state index contributed by atoms with van der Waals surface area (Å²) < 4.78 is 0. The lowest BCUT2D eigenvalue weighted by atomic mass is 9.92. The van der Waals surface area contributed by atoms with Gasteiger partial charge in [-0.05, 0) is 39.3 Å². The number of ketones is 1. The average molecular weight is 219 g/mol. The summed E-state index contributed by atoms with van der Waals surface area (Å²) in [6, 6.07) is 0.349. The molecule has 16 heavy (non-hydrogen) atoms. The van der Waals surface area contributed by atoms with E-state index in [-0.39, 0.29) is 5.78 Å². The number of rotatable bonds is 1. The molecule has 1 fully saturated rings. The summed E-state index contributed by atoms with van der Waals surface area (Å²) in [5, 5.41) is 7.45. The summed E-state index contributed by atoms with van der Waals surface area (Å²) in [6.07, 6.45) is 4.96. The monoisotopic (exact) mass is 219 g/mol. The van der Waals surface area contributed by atoms with Crippen molar-refractivity contribution in [3.63, 3.8) is 0 Å². The summed E-state index contributed by atoms with van der Waals surface area (Å²) >= 11 is 0. The van der Waals surface area contributed by atoms with E-state index in [2.05, 4.69) is 22.1 Å². The molecule has 1 aliphatic heterocycles. The second kappa shape index (κ2) is 3.70. The van der Waals surface area contributed by atoms with Crippen molar-refractivity contribution in [2.24, 2.45) is 0 Å². The first kappa shape index (κ1) is 10.0. The van der Waals surface area contributed by atoms with Gasteiger partial charge in [0, 0.05) is 12.1 Å². The second-order valence-corrected chi connectivity index (χ2v) is 4.88. The molecule has 1 saturated heterocycles. The van der Waals surface area contributed by atoms with Gasteiger partial charge in [-0.15, -0.1) is 0 Å². The van der Waals surface area contributed by atoms with E-state index in [4.69, 9.17) is 0 Å². The van der Waals surface area contributed by atoms with Crippen LogP contribution in [0.4, 0.5) is 0 Å². The zero-order chi connectivity index (χ0) is 11.1. The van der Waals surface area contributed by atoms with Crippen molar-refractivity contribution in [1.82, 2.24) is 15.1 Å². The van der Waals surface area contributed by atoms with Crippen LogP contribution in [0.1, 0.15) is 53.5 Å². The van der Waals surface area contributed by atoms with Gasteiger partial charge in [0.1, 0.15) is 0 Å². The fourth-order valence-electron chi connectivity index (χ4n) is 2.93. The predicted molar refractivity (Wildman–Crippen MR) is 60.5 cm³/mol. The van der Waals surface area contributed by atoms with Crippen LogP contribution in [0.15, 0.2) is 0 Å². The molecule has 0 radical (unpaired) electrons. The van der Waals surface area contributed by atoms with Crippen molar-refractivity contribution in [3.8, 4) is 0 Å². The molecule has 0 amide bonds. The van der Waals surface area contributed by atoms with Crippen molar-refractivity contribution in [2.45, 2.75) is 38.1 Å². The van der Waals surface area contributed by atoms with Crippen LogP contribution in [-0.4, -0.2) is 34.5 Å². The maximum Gasteiger partial charge on any atom is 0.166 e. The fraction of sp³-hybridized carbons (Fsp3) is 0.667. The number of aromatic nitrogens is 2. The van der Waals surface area contributed by atoms with Gasteiger partial charge >= 0.3 is 0 Å². The minimum absolute atomic E-state index is 0.283. The van der Waals surface area contributed by atoms with Gasteiger partial charge in [-0.1, -0.05) is 0 Å². The lowest BCUT2D eigenvalue weighted by molar-refractivity contribution is 0.0970. The summed E-state index contributed by atoms with van der Waals surface area (Å²) in [5.74, 6) is 0.283. The van der Waals surface area contributed by atoms with E-state index in [1.165, 1.54) is 6.42 Å². The molecule has 1 atom stereocenters. The first-order chi connectivity index (χ1) is 7.77. The van der Waals surface area contributed by atoms with E-state index in [1.54, 1.807) is 0 Å². The van der Waals surface area contributed by atoms with Crippen LogP contribution in [0.3, 0.4) is 0 Å². The number of hydrogen-bond acceptors (Lipinski definition) is 3. The Labute approximate surface area is 95.0 Å². The molecule has 0 saturated carbocycles. The smallest absolute Gasteiger partial charge is 0.166 e. The van der Waals surface area contributed by atoms with Gasteiger partial charge in [0.2, 0.25) is 0 Å². The first-order valence-electron chi connectivity index (χ1n) is 6.08. The lowest BCUT2D eigenvalue weighted by Gasteiger charge is -2.19. The van der Waals surface area contributed by atoms with E-state index in [9.17, 15) is 4.79 Å². The second-order valence-electron chi connectivity index (χ2n) is 4.88. The number of aromatic amines is 1. The molecule has 4 nitrogen and oxygen atoms in total. The highest BCUT2D eigenvalue weighted by Gasteiger charge is 2.32. The molecule has 4 heteroatoms. The first-order valence-corrected chi connectivity index (χ1v) is 6.08. The normalized spacial score (nSPS) is 26.1. The Hall–Kier alpha value is -1.16. The van der Waals surface area contributed by atoms with Crippen molar-refractivity contribution < 1.29 is 4.79 Å². The summed E-state index contributed by atoms with van der Waals surface area (Å²) in [7, 11) is 2.12. The molecule has 1 aromatic rings. The average Bonchev–Trinajstić information content (AvgIpc) is 2.84. The molecule has 1 unspecified atom stereocenters. The van der Waals surface area contributed by atoms with Crippen LogP contribution in [0, 0.1) is 0 Å². The fourth-order valence-corrected chi connectivity index (χ4v) is 2.93. The predicted octanol–water partition coefficient (Wildman–Crippen LogP) is 1.70. The van der Waals surface area contributed by atoms with E-state index < -0.39 is 0 Å². The standard InChI is InChI=1S/C12H17N3O/c1-15-7-3-5-9(15)12-11-8(13-14-12)4-2-6-10(11)16/h9H,2-7H2,1H3,(H,13,14). The molecule has 86 valence electrons. The van der Waals surface area contributed by atoms with E-state index >= 15 is 0 Å². The minimum atomic E-state index is 0.283. The largest absolute Gasteiger partial charge is 0.298 e. The van der Waals surface area contributed by atoms with Crippen LogP contribution in [0.2, 0.25) is 0 Å². The third-order valence-corrected chi connectivity index (χ3v) is 3.81. The van der Waals surface area contributed by atoms with Crippen LogP contribution in [0.5, 0.6) is 0 Å². The van der Waals surface area contributed by atoms with Crippen molar-refractivity contribution in [3.05, 3.63) is 17.0 Å². The van der Waals surface area contributed by atoms with E-state index in [1.807, 2.05) is 0 Å². The number of carbonyl (C=O) groups excluding carboxylic acids is 1. The SMILES string of the molecule is CN1CCCC1c1n[nH]c2c1C(=O)CCC2. The van der Waals surface area contributed by atoms with E-state index in [0.717, 1.165) is 42.8 Å². The molecule has 2 heterocycles. The number of fused-ring (bicyclic) bond motifs is 1. The number of likely N-dealkylation sites (tertiary alicyclic amines) is 1. The van der Waals surface area contributed by atoms with Gasteiger partial charge in [0.05, 0.1) is 17.3 Å². The van der Waals surface area contributed by atoms with Gasteiger partial charge in [0.15, 0.2) is 5.78 Å². The molecule has 0 aromatic carbocycles. The Kier molecular flexibility index (Phi) is 2.32. The molecule has 2 aliphatic rings. The Balaban J connectivity index is 2.01. The zero-order valence-electron chi connectivity index (χ0n) is 9.62. The van der Waals surface area contributed by atoms with Gasteiger partial charge in [-0.2, -0.15) is 5.10 Å². The quantitative estimate of drug-likeness (QED) is 0.782. The van der Waals surface area contributed by atoms with Gasteiger partial charge in [-0.25, -0.2) is 0 Å². The lowest BCUT2D eigenvalue weighted by Crippen LogP contribution is -2.21. The molecule has 1 aliphatic carbocycles. The third kappa shape index (κ3) is 1.40. The number of aryl methyl sites for hydroxylation is 1. The molecule has 1 N–H and O–H groups in total. The molecule has 1 aromatic heterocycles. The maximum absolute atomic E-state index is 12.0. The molecule has 0 spiro atoms. The Morgan fingerprint density at radius 3 is 3.00 bits per heavy atom. The summed E-state index contributed by atoms with van der Waals surface area (Å²) in [5.41, 5.74) is 2.97. The number of nitrogens with zero attached hydrogens (tertiary/aromatic N) is 2. The number of nitrogens with one attached hydrogen (secondary N) is 1. The van der Waals surface area contributed by atoms with Crippen molar-refractivity contribution in [1.29, 1.82) is 0 Å². The molecular formula is C12H17N3O. The Morgan fingerprint density at radius 2 is 2.25 bits per heavy atom. The van der Waals surface area contributed by atoms with Crippen LogP contribution < -0.4 is 0 Å². The summed E-state index contributed by atoms with van der Waals surface area (Å²) in [6.45, 7) is 1.11. The van der Waals surface area contributed by atoms with Crippen LogP contribution in [-0.2, 0) is 6.42 Å². The van der Waals surface area contributed by atoms with Gasteiger partial charge < -0.3 is 0 Å². The number of H-pyrrole nitrogens is 1. The highest BCUT2D eigenvalue weighted by Crippen LogP contribution is 2.34. The van der Waals surface area contributed by atoms with Crippen LogP contribution in [0.25, 0.3) is 0 Å². The number of carbonyl (C=O) groups is 1. The maximum atomic E-state index is 12.0. The number of hydrogen-bond donors (Lipinski definition) is 1. The molecule has 0 bridgehead atoms. The Morgan fingerprint density at radius 1 is 1.38 bits per heavy atom.